The number of ether oxygens (including phenoxy) is 1. The van der Waals surface area contributed by atoms with E-state index in [1.54, 1.807) is 49.6 Å². The average molecular weight is 405 g/mol. The molecule has 0 spiro atoms. The van der Waals surface area contributed by atoms with Crippen LogP contribution in [0.15, 0.2) is 53.4 Å². The van der Waals surface area contributed by atoms with Crippen LogP contribution in [0, 0.1) is 0 Å². The first-order valence-corrected chi connectivity index (χ1v) is 9.07. The monoisotopic (exact) mass is 404 g/mol. The molecule has 26 heavy (non-hydrogen) atoms. The van der Waals surface area contributed by atoms with Crippen LogP contribution in [-0.4, -0.2) is 28.3 Å². The molecule has 2 amide bonds. The van der Waals surface area contributed by atoms with Gasteiger partial charge in [0.25, 0.3) is 11.8 Å². The number of rotatable bonds is 4. The van der Waals surface area contributed by atoms with Gasteiger partial charge in [0.1, 0.15) is 5.75 Å². The number of carbonyl (C=O) groups is 2. The van der Waals surface area contributed by atoms with Gasteiger partial charge in [-0.05, 0) is 60.3 Å². The van der Waals surface area contributed by atoms with E-state index in [4.69, 9.17) is 28.6 Å². The Bertz CT molecular complexity index is 896. The highest BCUT2D eigenvalue weighted by atomic mass is 35.5. The van der Waals surface area contributed by atoms with E-state index in [1.165, 1.54) is 0 Å². The van der Waals surface area contributed by atoms with E-state index < -0.39 is 5.91 Å². The number of amides is 2. The van der Waals surface area contributed by atoms with Gasteiger partial charge in [-0.15, -0.1) is 0 Å². The molecule has 2 aromatic rings. The van der Waals surface area contributed by atoms with Crippen molar-refractivity contribution in [2.24, 2.45) is 0 Å². The number of halogens is 1. The molecule has 0 atom stereocenters. The number of nitrogens with one attached hydrogen (secondary N) is 1. The van der Waals surface area contributed by atoms with Crippen molar-refractivity contribution < 1.29 is 14.3 Å². The summed E-state index contributed by atoms with van der Waals surface area (Å²) in [6.07, 6.45) is 1.72. The Balaban J connectivity index is 1.74. The largest absolute Gasteiger partial charge is 0.497 e. The molecule has 1 N–H and O–H groups in total. The van der Waals surface area contributed by atoms with Gasteiger partial charge in [-0.2, -0.15) is 5.01 Å². The molecule has 5 nitrogen and oxygen atoms in total. The number of hydrogen-bond donors (Lipinski definition) is 1. The summed E-state index contributed by atoms with van der Waals surface area (Å²) in [4.78, 5) is 25.3. The summed E-state index contributed by atoms with van der Waals surface area (Å²) in [7, 11) is 1.59. The molecule has 0 aromatic heterocycles. The van der Waals surface area contributed by atoms with Crippen molar-refractivity contribution in [3.8, 4) is 5.75 Å². The fourth-order valence-corrected chi connectivity index (χ4v) is 3.49. The second kappa shape index (κ2) is 7.90. The number of thiocarbonyl (C=S) groups is 1. The fourth-order valence-electron chi connectivity index (χ4n) is 2.18. The van der Waals surface area contributed by atoms with Crippen LogP contribution >= 0.6 is 35.6 Å². The van der Waals surface area contributed by atoms with Gasteiger partial charge < -0.3 is 4.74 Å². The lowest BCUT2D eigenvalue weighted by molar-refractivity contribution is -0.123. The van der Waals surface area contributed by atoms with E-state index in [0.717, 1.165) is 28.1 Å². The summed E-state index contributed by atoms with van der Waals surface area (Å²) in [5.41, 5.74) is 3.73. The number of nitrogens with zero attached hydrogens (tertiary/aromatic N) is 1. The van der Waals surface area contributed by atoms with E-state index in [-0.39, 0.29) is 10.2 Å². The highest BCUT2D eigenvalue weighted by Crippen LogP contribution is 2.31. The number of carbonyl (C=O) groups excluding carboxylic acids is 2. The molecule has 1 aliphatic rings. The summed E-state index contributed by atoms with van der Waals surface area (Å²) in [6.45, 7) is 0. The van der Waals surface area contributed by atoms with Gasteiger partial charge in [0.05, 0.1) is 12.0 Å². The summed E-state index contributed by atoms with van der Waals surface area (Å²) in [6, 6.07) is 13.6. The van der Waals surface area contributed by atoms with E-state index >= 15 is 0 Å². The third-order valence-corrected chi connectivity index (χ3v) is 5.08. The lowest BCUT2D eigenvalue weighted by Crippen LogP contribution is -2.44. The first-order chi connectivity index (χ1) is 12.5. The molecule has 1 saturated heterocycles. The van der Waals surface area contributed by atoms with Crippen molar-refractivity contribution in [3.63, 3.8) is 0 Å². The maximum Gasteiger partial charge on any atom is 0.285 e. The Morgan fingerprint density at radius 2 is 1.85 bits per heavy atom. The molecule has 2 aromatic carbocycles. The van der Waals surface area contributed by atoms with E-state index in [9.17, 15) is 9.59 Å². The van der Waals surface area contributed by atoms with Crippen molar-refractivity contribution in [3.05, 3.63) is 69.6 Å². The lowest BCUT2D eigenvalue weighted by Gasteiger charge is -2.15. The summed E-state index contributed by atoms with van der Waals surface area (Å²) in [5, 5.41) is 1.60. The van der Waals surface area contributed by atoms with Crippen LogP contribution in [0.1, 0.15) is 15.9 Å². The first kappa shape index (κ1) is 18.4. The second-order valence-electron chi connectivity index (χ2n) is 5.24. The number of thioether (sulfide) groups is 1. The van der Waals surface area contributed by atoms with Crippen LogP contribution in [0.3, 0.4) is 0 Å². The molecule has 8 heteroatoms. The maximum absolute atomic E-state index is 12.6. The smallest absolute Gasteiger partial charge is 0.285 e. The van der Waals surface area contributed by atoms with Gasteiger partial charge in [0.15, 0.2) is 4.32 Å². The summed E-state index contributed by atoms with van der Waals surface area (Å²) < 4.78 is 5.37. The van der Waals surface area contributed by atoms with Gasteiger partial charge in [-0.25, -0.2) is 0 Å². The average Bonchev–Trinajstić information content (AvgIpc) is 2.90. The highest BCUT2D eigenvalue weighted by Gasteiger charge is 2.33. The molecular weight excluding hydrogens is 392 g/mol. The minimum absolute atomic E-state index is 0.261. The Morgan fingerprint density at radius 3 is 2.46 bits per heavy atom. The number of hydrogen-bond acceptors (Lipinski definition) is 5. The Labute approximate surface area is 164 Å². The minimum Gasteiger partial charge on any atom is -0.497 e. The zero-order chi connectivity index (χ0) is 18.7. The predicted octanol–water partition coefficient (Wildman–Crippen LogP) is 3.89. The fraction of sp³-hybridized carbons (Fsp3) is 0.0556. The molecule has 0 radical (unpaired) electrons. The topological polar surface area (TPSA) is 58.6 Å². The molecule has 1 aliphatic heterocycles. The Kier molecular flexibility index (Phi) is 5.61. The third-order valence-electron chi connectivity index (χ3n) is 3.53. The first-order valence-electron chi connectivity index (χ1n) is 7.46. The normalized spacial score (nSPS) is 15.5. The molecule has 1 heterocycles. The van der Waals surface area contributed by atoms with Crippen LogP contribution in [-0.2, 0) is 4.79 Å². The standard InChI is InChI=1S/C18H13ClN2O3S2/c1-24-14-8-2-11(3-9-14)10-15-17(23)21(18(25)26-15)20-16(22)12-4-6-13(19)7-5-12/h2-10H,1H3,(H,20,22). The van der Waals surface area contributed by atoms with Gasteiger partial charge in [0, 0.05) is 10.6 Å². The number of benzene rings is 2. The zero-order valence-corrected chi connectivity index (χ0v) is 16.0. The molecule has 0 unspecified atom stereocenters. The number of hydrazine groups is 1. The van der Waals surface area contributed by atoms with E-state index in [2.05, 4.69) is 5.43 Å². The lowest BCUT2D eigenvalue weighted by atomic mass is 10.2. The summed E-state index contributed by atoms with van der Waals surface area (Å²) in [5.74, 6) is -0.0910. The molecule has 132 valence electrons. The van der Waals surface area contributed by atoms with Gasteiger partial charge >= 0.3 is 0 Å². The zero-order valence-electron chi connectivity index (χ0n) is 13.6. The van der Waals surface area contributed by atoms with Crippen molar-refractivity contribution >= 4 is 57.8 Å². The van der Waals surface area contributed by atoms with Gasteiger partial charge in [0.2, 0.25) is 0 Å². The third kappa shape index (κ3) is 4.07. The molecular formula is C18H13ClN2O3S2. The molecule has 0 aliphatic carbocycles. The second-order valence-corrected chi connectivity index (χ2v) is 7.35. The minimum atomic E-state index is -0.441. The van der Waals surface area contributed by atoms with Gasteiger partial charge in [-0.3, -0.25) is 15.0 Å². The highest BCUT2D eigenvalue weighted by molar-refractivity contribution is 8.26. The quantitative estimate of drug-likeness (QED) is 0.618. The van der Waals surface area contributed by atoms with Crippen molar-refractivity contribution in [2.75, 3.05) is 7.11 Å². The van der Waals surface area contributed by atoms with Crippen molar-refractivity contribution in [1.82, 2.24) is 10.4 Å². The Hall–Kier alpha value is -2.35. The van der Waals surface area contributed by atoms with Crippen LogP contribution in [0.2, 0.25) is 5.02 Å². The van der Waals surface area contributed by atoms with Crippen molar-refractivity contribution in [1.29, 1.82) is 0 Å². The molecule has 0 bridgehead atoms. The molecule has 3 rings (SSSR count). The van der Waals surface area contributed by atoms with Gasteiger partial charge in [-0.1, -0.05) is 35.5 Å². The predicted molar refractivity (Wildman–Crippen MR) is 107 cm³/mol. The van der Waals surface area contributed by atoms with Crippen LogP contribution in [0.5, 0.6) is 5.75 Å². The number of methoxy groups -OCH3 is 1. The van der Waals surface area contributed by atoms with E-state index in [0.29, 0.717) is 15.5 Å². The van der Waals surface area contributed by atoms with Crippen molar-refractivity contribution in [2.45, 2.75) is 0 Å². The van der Waals surface area contributed by atoms with E-state index in [1.807, 2.05) is 12.1 Å². The summed E-state index contributed by atoms with van der Waals surface area (Å²) >= 11 is 12.2. The maximum atomic E-state index is 12.6. The Morgan fingerprint density at radius 1 is 1.19 bits per heavy atom. The molecule has 1 fully saturated rings. The van der Waals surface area contributed by atoms with Crippen LogP contribution in [0.25, 0.3) is 6.08 Å². The van der Waals surface area contributed by atoms with Crippen LogP contribution < -0.4 is 10.2 Å². The van der Waals surface area contributed by atoms with Crippen LogP contribution in [0.4, 0.5) is 0 Å². The molecule has 0 saturated carbocycles. The SMILES string of the molecule is COc1ccc(C=C2SC(=S)N(NC(=O)c3ccc(Cl)cc3)C2=O)cc1.